The van der Waals surface area contributed by atoms with Crippen LogP contribution >= 0.6 is 0 Å². The minimum atomic E-state index is 0.304. The summed E-state index contributed by atoms with van der Waals surface area (Å²) in [4.78, 5) is 2.35. The van der Waals surface area contributed by atoms with Gasteiger partial charge in [-0.3, -0.25) is 0 Å². The summed E-state index contributed by atoms with van der Waals surface area (Å²) in [5.41, 5.74) is 7.26. The van der Waals surface area contributed by atoms with E-state index in [-0.39, 0.29) is 0 Å². The van der Waals surface area contributed by atoms with Crippen LogP contribution in [-0.2, 0) is 4.74 Å². The zero-order valence-corrected chi connectivity index (χ0v) is 12.4. The van der Waals surface area contributed by atoms with E-state index in [9.17, 15) is 0 Å². The highest BCUT2D eigenvalue weighted by Crippen LogP contribution is 2.22. The van der Waals surface area contributed by atoms with Crippen molar-refractivity contribution in [3.05, 3.63) is 24.3 Å². The first-order chi connectivity index (χ1) is 9.79. The minimum Gasteiger partial charge on any atom is -0.494 e. The molecular formula is C16H26N2O2. The lowest BCUT2D eigenvalue weighted by Crippen LogP contribution is -2.42. The van der Waals surface area contributed by atoms with Gasteiger partial charge in [-0.25, -0.2) is 0 Å². The van der Waals surface area contributed by atoms with Crippen molar-refractivity contribution in [2.24, 2.45) is 5.73 Å². The van der Waals surface area contributed by atoms with Crippen LogP contribution in [0.5, 0.6) is 5.75 Å². The number of ether oxygens (including phenoxy) is 2. The molecule has 2 N–H and O–H groups in total. The number of benzene rings is 1. The van der Waals surface area contributed by atoms with Crippen LogP contribution in [0.3, 0.4) is 0 Å². The van der Waals surface area contributed by atoms with Gasteiger partial charge in [0.2, 0.25) is 0 Å². The van der Waals surface area contributed by atoms with Crippen molar-refractivity contribution >= 4 is 5.69 Å². The second-order valence-corrected chi connectivity index (χ2v) is 5.24. The Balaban J connectivity index is 1.77. The predicted octanol–water partition coefficient (Wildman–Crippen LogP) is 2.42. The highest BCUT2D eigenvalue weighted by molar-refractivity contribution is 5.49. The van der Waals surface area contributed by atoms with Crippen molar-refractivity contribution in [1.29, 1.82) is 0 Å². The van der Waals surface area contributed by atoms with Gasteiger partial charge in [-0.15, -0.1) is 0 Å². The molecule has 112 valence electrons. The van der Waals surface area contributed by atoms with E-state index in [1.807, 2.05) is 19.1 Å². The molecule has 0 aliphatic carbocycles. The predicted molar refractivity (Wildman–Crippen MR) is 82.5 cm³/mol. The Hall–Kier alpha value is -1.26. The standard InChI is InChI=1S/C16H26N2O2/c1-2-19-11-4-12-20-16-8-6-15(7-9-16)18-10-3-5-14(17)13-18/h6-9,14H,2-5,10-13,17H2,1H3. The van der Waals surface area contributed by atoms with E-state index in [0.29, 0.717) is 12.6 Å². The fourth-order valence-corrected chi connectivity index (χ4v) is 2.49. The summed E-state index contributed by atoms with van der Waals surface area (Å²) in [6.07, 6.45) is 3.24. The molecule has 1 unspecified atom stereocenters. The van der Waals surface area contributed by atoms with Crippen LogP contribution in [-0.4, -0.2) is 39.0 Å². The summed E-state index contributed by atoms with van der Waals surface area (Å²) >= 11 is 0. The smallest absolute Gasteiger partial charge is 0.119 e. The summed E-state index contributed by atoms with van der Waals surface area (Å²) in [6, 6.07) is 8.62. The number of nitrogens with zero attached hydrogens (tertiary/aromatic N) is 1. The molecule has 2 rings (SSSR count). The molecule has 0 radical (unpaired) electrons. The molecule has 4 heteroatoms. The molecule has 1 aliphatic rings. The van der Waals surface area contributed by atoms with Gasteiger partial charge in [0.1, 0.15) is 5.75 Å². The molecule has 1 aliphatic heterocycles. The van der Waals surface area contributed by atoms with Crippen molar-refractivity contribution in [2.75, 3.05) is 37.8 Å². The first-order valence-electron chi connectivity index (χ1n) is 7.60. The van der Waals surface area contributed by atoms with Gasteiger partial charge in [0, 0.05) is 44.5 Å². The van der Waals surface area contributed by atoms with Crippen LogP contribution in [0.1, 0.15) is 26.2 Å². The Morgan fingerprint density at radius 3 is 2.75 bits per heavy atom. The number of anilines is 1. The summed E-state index contributed by atoms with van der Waals surface area (Å²) in [5.74, 6) is 0.923. The lowest BCUT2D eigenvalue weighted by Gasteiger charge is -2.32. The van der Waals surface area contributed by atoms with Crippen molar-refractivity contribution in [3.63, 3.8) is 0 Å². The molecule has 1 aromatic carbocycles. The SMILES string of the molecule is CCOCCCOc1ccc(N2CCCC(N)C2)cc1. The third-order valence-electron chi connectivity index (χ3n) is 3.57. The summed E-state index contributed by atoms with van der Waals surface area (Å²) < 4.78 is 11.0. The highest BCUT2D eigenvalue weighted by atomic mass is 16.5. The Morgan fingerprint density at radius 2 is 2.05 bits per heavy atom. The second kappa shape index (κ2) is 8.12. The molecule has 0 bridgehead atoms. The molecule has 0 amide bonds. The number of hydrogen-bond acceptors (Lipinski definition) is 4. The van der Waals surface area contributed by atoms with Crippen molar-refractivity contribution in [2.45, 2.75) is 32.2 Å². The topological polar surface area (TPSA) is 47.7 Å². The van der Waals surface area contributed by atoms with E-state index in [1.165, 1.54) is 12.1 Å². The van der Waals surface area contributed by atoms with Crippen LogP contribution in [0, 0.1) is 0 Å². The number of nitrogens with two attached hydrogens (primary N) is 1. The maximum atomic E-state index is 6.02. The maximum Gasteiger partial charge on any atom is 0.119 e. The van der Waals surface area contributed by atoms with Gasteiger partial charge in [-0.1, -0.05) is 0 Å². The van der Waals surface area contributed by atoms with Crippen molar-refractivity contribution < 1.29 is 9.47 Å². The Labute approximate surface area is 121 Å². The normalized spacial score (nSPS) is 19.1. The van der Waals surface area contributed by atoms with Gasteiger partial charge in [0.25, 0.3) is 0 Å². The summed E-state index contributed by atoms with van der Waals surface area (Å²) in [7, 11) is 0. The Kier molecular flexibility index (Phi) is 6.15. The zero-order valence-electron chi connectivity index (χ0n) is 12.4. The van der Waals surface area contributed by atoms with E-state index in [2.05, 4.69) is 17.0 Å². The average Bonchev–Trinajstić information content (AvgIpc) is 2.48. The molecule has 4 nitrogen and oxygen atoms in total. The van der Waals surface area contributed by atoms with Crippen molar-refractivity contribution in [1.82, 2.24) is 0 Å². The van der Waals surface area contributed by atoms with Gasteiger partial charge < -0.3 is 20.1 Å². The van der Waals surface area contributed by atoms with E-state index < -0.39 is 0 Å². The molecule has 20 heavy (non-hydrogen) atoms. The van der Waals surface area contributed by atoms with E-state index in [0.717, 1.165) is 44.9 Å². The lowest BCUT2D eigenvalue weighted by molar-refractivity contribution is 0.131. The fraction of sp³-hybridized carbons (Fsp3) is 0.625. The Bertz CT molecular complexity index is 381. The first-order valence-corrected chi connectivity index (χ1v) is 7.60. The molecule has 1 aromatic rings. The fourth-order valence-electron chi connectivity index (χ4n) is 2.49. The largest absolute Gasteiger partial charge is 0.494 e. The lowest BCUT2D eigenvalue weighted by atomic mass is 10.1. The van der Waals surface area contributed by atoms with Gasteiger partial charge in [-0.05, 0) is 44.0 Å². The van der Waals surface area contributed by atoms with Crippen LogP contribution in [0.2, 0.25) is 0 Å². The molecule has 1 heterocycles. The van der Waals surface area contributed by atoms with Gasteiger partial charge in [0.15, 0.2) is 0 Å². The third-order valence-corrected chi connectivity index (χ3v) is 3.57. The van der Waals surface area contributed by atoms with Crippen LogP contribution < -0.4 is 15.4 Å². The first kappa shape index (κ1) is 15.1. The number of piperidine rings is 1. The number of hydrogen-bond donors (Lipinski definition) is 1. The Morgan fingerprint density at radius 1 is 1.25 bits per heavy atom. The highest BCUT2D eigenvalue weighted by Gasteiger charge is 2.16. The van der Waals surface area contributed by atoms with Crippen molar-refractivity contribution in [3.8, 4) is 5.75 Å². The molecule has 0 saturated carbocycles. The molecular weight excluding hydrogens is 252 g/mol. The monoisotopic (exact) mass is 278 g/mol. The molecule has 0 spiro atoms. The van der Waals surface area contributed by atoms with Crippen LogP contribution in [0.25, 0.3) is 0 Å². The van der Waals surface area contributed by atoms with Gasteiger partial charge in [-0.2, -0.15) is 0 Å². The quantitative estimate of drug-likeness (QED) is 0.778. The van der Waals surface area contributed by atoms with Crippen LogP contribution in [0.4, 0.5) is 5.69 Å². The summed E-state index contributed by atoms with van der Waals surface area (Å²) in [5, 5.41) is 0. The zero-order chi connectivity index (χ0) is 14.2. The molecule has 1 fully saturated rings. The number of rotatable bonds is 7. The van der Waals surface area contributed by atoms with Crippen LogP contribution in [0.15, 0.2) is 24.3 Å². The molecule has 0 aromatic heterocycles. The third kappa shape index (κ3) is 4.69. The van der Waals surface area contributed by atoms with E-state index in [4.69, 9.17) is 15.2 Å². The second-order valence-electron chi connectivity index (χ2n) is 5.24. The molecule has 1 saturated heterocycles. The van der Waals surface area contributed by atoms with Gasteiger partial charge in [0.05, 0.1) is 6.61 Å². The summed E-state index contributed by atoms with van der Waals surface area (Å²) in [6.45, 7) is 6.30. The van der Waals surface area contributed by atoms with E-state index in [1.54, 1.807) is 0 Å². The minimum absolute atomic E-state index is 0.304. The van der Waals surface area contributed by atoms with E-state index >= 15 is 0 Å². The van der Waals surface area contributed by atoms with Gasteiger partial charge >= 0.3 is 0 Å². The average molecular weight is 278 g/mol. The molecule has 1 atom stereocenters. The maximum absolute atomic E-state index is 6.02.